The van der Waals surface area contributed by atoms with Crippen molar-refractivity contribution in [1.29, 1.82) is 0 Å². The van der Waals surface area contributed by atoms with Crippen LogP contribution in [-0.4, -0.2) is 211 Å². The molecule has 2 saturated heterocycles. The molecule has 6 aliphatic carbocycles. The molecular weight excluding hydrogens is 1670 g/mol. The van der Waals surface area contributed by atoms with E-state index in [0.29, 0.717) is 17.7 Å². The van der Waals surface area contributed by atoms with Gasteiger partial charge in [-0.25, -0.2) is 19.2 Å². The quantitative estimate of drug-likeness (QED) is 0.00547. The van der Waals surface area contributed by atoms with Gasteiger partial charge in [-0.3, -0.25) is 19.2 Å². The number of hydrogen-bond acceptors (Lipinski definition) is 26. The first-order valence-electron chi connectivity index (χ1n) is 47.2. The summed E-state index contributed by atoms with van der Waals surface area (Å²) in [7, 11) is 0. The van der Waals surface area contributed by atoms with E-state index in [1.165, 1.54) is 136 Å². The number of fused-ring (bicyclic) bond motifs is 10. The zero-order valence-corrected chi connectivity index (χ0v) is 78.9. The van der Waals surface area contributed by atoms with Crippen molar-refractivity contribution in [2.45, 2.75) is 359 Å². The summed E-state index contributed by atoms with van der Waals surface area (Å²) in [6.07, 6.45) is 4.64. The van der Waals surface area contributed by atoms with Gasteiger partial charge < -0.3 is 87.9 Å². The van der Waals surface area contributed by atoms with Gasteiger partial charge in [0.25, 0.3) is 0 Å². The van der Waals surface area contributed by atoms with Crippen LogP contribution in [0.3, 0.4) is 0 Å². The summed E-state index contributed by atoms with van der Waals surface area (Å²) < 4.78 is 66.4. The van der Waals surface area contributed by atoms with Gasteiger partial charge in [0.1, 0.15) is 60.0 Å². The van der Waals surface area contributed by atoms with Crippen molar-refractivity contribution in [3.05, 3.63) is 179 Å². The minimum atomic E-state index is -2.25. The van der Waals surface area contributed by atoms with Crippen molar-refractivity contribution in [1.82, 2.24) is 0 Å². The number of ether oxygens (including phenoxy) is 11. The number of aliphatic hydroxyl groups is 7. The maximum Gasteiger partial charge on any atom is 0.338 e. The maximum absolute atomic E-state index is 15.2. The highest BCUT2D eigenvalue weighted by Crippen LogP contribution is 2.67. The van der Waals surface area contributed by atoms with Crippen molar-refractivity contribution in [2.75, 3.05) is 26.4 Å². The Morgan fingerprint density at radius 2 is 0.838 bits per heavy atom. The zero-order valence-electron chi connectivity index (χ0n) is 78.9. The monoisotopic (exact) mass is 1810 g/mol. The minimum absolute atomic E-state index is 0.0193. The first-order chi connectivity index (χ1) is 61.7. The number of carbonyl (C=O) groups is 8. The molecule has 4 bridgehead atoms. The fourth-order valence-electron chi connectivity index (χ4n) is 21.9. The van der Waals surface area contributed by atoms with Crippen molar-refractivity contribution in [3.63, 3.8) is 0 Å². The Balaban J connectivity index is 0.000000263. The van der Waals surface area contributed by atoms with Crippen molar-refractivity contribution in [3.8, 4) is 0 Å². The molecule has 4 aromatic rings. The number of benzene rings is 4. The van der Waals surface area contributed by atoms with E-state index in [-0.39, 0.29) is 60.3 Å². The van der Waals surface area contributed by atoms with Gasteiger partial charge in [0.2, 0.25) is 0 Å². The molecule has 26 heteroatoms. The van der Waals surface area contributed by atoms with Crippen molar-refractivity contribution < 1.29 is 126 Å². The van der Waals surface area contributed by atoms with Gasteiger partial charge in [-0.15, -0.1) is 0 Å². The molecule has 4 saturated carbocycles. The average Bonchev–Trinajstić information content (AvgIpc) is 0.672. The Hall–Kier alpha value is -8.38. The molecule has 23 atom stereocenters. The predicted molar refractivity (Wildman–Crippen MR) is 485 cm³/mol. The van der Waals surface area contributed by atoms with Crippen LogP contribution in [0, 0.1) is 33.5 Å². The van der Waals surface area contributed by atoms with Gasteiger partial charge in [0, 0.05) is 68.8 Å². The molecule has 7 N–H and O–H groups in total. The smallest absolute Gasteiger partial charge is 0.338 e. The van der Waals surface area contributed by atoms with E-state index in [1.807, 2.05) is 37.3 Å². The van der Waals surface area contributed by atoms with E-state index in [9.17, 15) is 69.3 Å². The van der Waals surface area contributed by atoms with Gasteiger partial charge >= 0.3 is 35.8 Å². The van der Waals surface area contributed by atoms with Crippen LogP contribution >= 0.6 is 0 Å². The number of Topliss-reactive ketones (excluding diaryl/α,β-unsaturated/α-hetero) is 2. The number of aliphatic hydroxyl groups excluding tert-OH is 5. The molecule has 6 fully saturated rings. The summed E-state index contributed by atoms with van der Waals surface area (Å²) in [5, 5.41) is 86.3. The van der Waals surface area contributed by atoms with E-state index < -0.39 is 201 Å². The molecular formula is C104H144O26. The van der Waals surface area contributed by atoms with Crippen molar-refractivity contribution >= 4 is 47.4 Å². The Bertz CT molecular complexity index is 4550. The van der Waals surface area contributed by atoms with Crippen LogP contribution in [0.2, 0.25) is 0 Å². The molecule has 2 aliphatic heterocycles. The Kier molecular flexibility index (Phi) is 35.6. The zero-order chi connectivity index (χ0) is 95.1. The summed E-state index contributed by atoms with van der Waals surface area (Å²) in [4.78, 5) is 112. The van der Waals surface area contributed by atoms with E-state index in [1.54, 1.807) is 134 Å². The molecule has 8 aliphatic rings. The van der Waals surface area contributed by atoms with Crippen molar-refractivity contribution in [2.24, 2.45) is 33.5 Å². The van der Waals surface area contributed by atoms with Gasteiger partial charge in [-0.1, -0.05) is 262 Å². The van der Waals surface area contributed by atoms with E-state index in [4.69, 9.17) is 52.1 Å². The van der Waals surface area contributed by atoms with Crippen LogP contribution in [0.1, 0.15) is 289 Å². The number of carbonyl (C=O) groups excluding carboxylic acids is 8. The Morgan fingerprint density at radius 1 is 0.485 bits per heavy atom. The van der Waals surface area contributed by atoms with Crippen LogP contribution in [0.5, 0.6) is 0 Å². The molecule has 716 valence electrons. The average molecular weight is 1810 g/mol. The highest BCUT2D eigenvalue weighted by atomic mass is 16.7. The second kappa shape index (κ2) is 44.6. The SMILES string of the molecule is C=COCCCC.CC(=O)O[C@@]12CO[C@@H]1C[C@H](O)[C@@]1(C)C(=O)[C@H](O)C3=C(C)[C@@H](OC(=O)[C@H](O)[C@@H](C)c4ccccc4)C[C@@](O)([C@@H](OC(=O)c4ccccc4)[C@H]21)C3(C)C.CCCCCCCCCCCCCCCCCCOC(C)O[C@@H](C(=O)O[C@H]1C[C@@]2(O)[C@@H](OC(=O)c3ccccc3)[C@@H]3[C@]4(OC(C)=O)CO[C@@H]4C[C@H](O)[C@@]3(C)C(=O)[C@H](O)C(=C1C)C2(C)C)[C@@H](C)c1ccccc1. The molecule has 0 spiro atoms. The highest BCUT2D eigenvalue weighted by Gasteiger charge is 2.80. The normalized spacial score (nSPS) is 31.3. The third-order valence-electron chi connectivity index (χ3n) is 29.8. The molecule has 26 nitrogen and oxygen atoms in total. The third-order valence-corrected chi connectivity index (χ3v) is 29.8. The Labute approximate surface area is 767 Å². The van der Waals surface area contributed by atoms with Gasteiger partial charge in [-0.2, -0.15) is 0 Å². The van der Waals surface area contributed by atoms with Gasteiger partial charge in [0.05, 0.1) is 72.1 Å². The molecule has 12 rings (SSSR count). The van der Waals surface area contributed by atoms with Gasteiger partial charge in [0.15, 0.2) is 41.3 Å². The molecule has 2 heterocycles. The topological polar surface area (TPSA) is 380 Å². The standard InChI is InChI=1S/C59H86O13.C39H46O12.C6H12O/c1-9-10-11-12-13-14-15-16-17-18-19-20-21-22-23-30-35-67-42(5)69-50(39(2)43-31-26-24-27-32-43)55(65)70-45-37-59(66)53(71-54(64)44-33-28-25-29-34-44)51-57(8,52(63)49(62)48(40(45)3)56(59,6)7)46(61)36-47-58(51,38-68-47)72-41(4)60;1-20(23-13-9-7-10-14-23)29(42)35(46)49-25-18-39(47)33(50-34(45)24-15-11-8-12-16-24)31-37(6,32(44)30(43)28(21(25)2)36(39,4)5)26(41)17-27-38(31,19-48-27)51-22(3)40;1-3-5-6-7-4-2/h24-29,31-34,39,42,45-47,49-51,53,61-62,66H,9-23,30,35-38H2,1-8H3;7-16,20,25-27,29-31,33,41-43,47H,17-19H2,1-6H3;4H,2-3,5-6H2,1H3/t39-,42?,45-,46-,47+,49+,50+,51-,53-,57+,58-,59+;20-,25-,26-,27+,29+,30+,31-,33-,37+,38-,39+;/m00./s1. The summed E-state index contributed by atoms with van der Waals surface area (Å²) in [6.45, 7) is 28.8. The summed E-state index contributed by atoms with van der Waals surface area (Å²) in [5.74, 6) is -10.7. The number of hydrogen-bond donors (Lipinski definition) is 7. The van der Waals surface area contributed by atoms with Crippen LogP contribution in [0.25, 0.3) is 0 Å². The second-order valence-electron chi connectivity index (χ2n) is 38.7. The first-order valence-corrected chi connectivity index (χ1v) is 47.2. The van der Waals surface area contributed by atoms with Gasteiger partial charge in [-0.05, 0) is 105 Å². The highest BCUT2D eigenvalue weighted by molar-refractivity contribution is 5.96. The van der Waals surface area contributed by atoms with Crippen LogP contribution in [0.4, 0.5) is 0 Å². The number of esters is 6. The lowest BCUT2D eigenvalue weighted by Crippen LogP contribution is -2.81. The number of unbranched alkanes of at least 4 members (excludes halogenated alkanes) is 16. The molecule has 0 aromatic heterocycles. The van der Waals surface area contributed by atoms with E-state index in [2.05, 4.69) is 20.4 Å². The lowest BCUT2D eigenvalue weighted by molar-refractivity contribution is -0.346. The first kappa shape index (κ1) is 104. The summed E-state index contributed by atoms with van der Waals surface area (Å²) in [5.41, 5.74) is -12.4. The third kappa shape index (κ3) is 21.4. The molecule has 0 amide bonds. The fourth-order valence-corrected chi connectivity index (χ4v) is 21.9. The lowest BCUT2D eigenvalue weighted by atomic mass is 9.44. The molecule has 130 heavy (non-hydrogen) atoms. The number of rotatable bonds is 38. The molecule has 1 unspecified atom stereocenters. The van der Waals surface area contributed by atoms with Crippen LogP contribution in [-0.2, 0) is 80.9 Å². The van der Waals surface area contributed by atoms with E-state index >= 15 is 4.79 Å². The number of ketones is 2. The molecule has 4 aromatic carbocycles. The van der Waals surface area contributed by atoms with E-state index in [0.717, 1.165) is 37.9 Å². The lowest BCUT2D eigenvalue weighted by Gasteiger charge is -2.67. The minimum Gasteiger partial charge on any atom is -0.502 e. The molecule has 0 radical (unpaired) electrons. The fraction of sp³-hybridized carbons (Fsp3) is 0.635. The summed E-state index contributed by atoms with van der Waals surface area (Å²) in [6, 6.07) is 34.4. The Morgan fingerprint density at radius 3 is 1.19 bits per heavy atom. The van der Waals surface area contributed by atoms with Crippen LogP contribution < -0.4 is 0 Å². The van der Waals surface area contributed by atoms with Crippen LogP contribution in [0.15, 0.2) is 156 Å². The maximum atomic E-state index is 15.2. The predicted octanol–water partition coefficient (Wildman–Crippen LogP) is 15.2. The second-order valence-corrected chi connectivity index (χ2v) is 38.7. The largest absolute Gasteiger partial charge is 0.502 e. The summed E-state index contributed by atoms with van der Waals surface area (Å²) >= 11 is 0.